The molecule has 2 aromatic rings. The van der Waals surface area contributed by atoms with Gasteiger partial charge in [0.1, 0.15) is 0 Å². The molecular weight excluding hydrogens is 236 g/mol. The Bertz CT molecular complexity index is 454. The van der Waals surface area contributed by atoms with Gasteiger partial charge in [-0.05, 0) is 17.7 Å². The molecule has 0 saturated heterocycles. The summed E-state index contributed by atoms with van der Waals surface area (Å²) < 4.78 is 0. The lowest BCUT2D eigenvalue weighted by Gasteiger charge is -1.94. The molecule has 19 heavy (non-hydrogen) atoms. The van der Waals surface area contributed by atoms with Gasteiger partial charge in [-0.3, -0.25) is 9.78 Å². The minimum atomic E-state index is -0.00212. The first kappa shape index (κ1) is 14.6. The summed E-state index contributed by atoms with van der Waals surface area (Å²) in [6, 6.07) is 15.7. The highest BCUT2D eigenvalue weighted by Crippen LogP contribution is 1.99. The minimum Gasteiger partial charge on any atom is -0.353 e. The van der Waals surface area contributed by atoms with Gasteiger partial charge in [0.25, 0.3) is 0 Å². The van der Waals surface area contributed by atoms with E-state index in [9.17, 15) is 4.79 Å². The van der Waals surface area contributed by atoms with E-state index in [1.807, 2.05) is 60.7 Å². The van der Waals surface area contributed by atoms with Gasteiger partial charge < -0.3 is 5.32 Å². The molecule has 0 aliphatic rings. The average Bonchev–Trinajstić information content (AvgIpc) is 2.47. The lowest BCUT2D eigenvalue weighted by molar-refractivity contribution is -0.118. The lowest BCUT2D eigenvalue weighted by Crippen LogP contribution is -2.19. The second-order valence-electron chi connectivity index (χ2n) is 3.77. The van der Waals surface area contributed by atoms with Gasteiger partial charge in [-0.1, -0.05) is 48.6 Å². The third-order valence-corrected chi connectivity index (χ3v) is 2.15. The number of carbonyl (C=O) groups excluding carboxylic acids is 1. The van der Waals surface area contributed by atoms with Crippen molar-refractivity contribution < 1.29 is 4.79 Å². The van der Waals surface area contributed by atoms with E-state index in [0.717, 1.165) is 5.56 Å². The number of benzene rings is 1. The summed E-state index contributed by atoms with van der Waals surface area (Å²) in [7, 11) is 0. The number of carbonyl (C=O) groups is 1. The highest BCUT2D eigenvalue weighted by molar-refractivity contribution is 5.73. The Balaban J connectivity index is 0.000000250. The standard InChI is InChI=1S/C11H13NO.C5H5N/c1-10(13)12-9-5-8-11-6-3-2-4-7-11;1-2-4-6-5-3-1/h2-8H,9H2,1H3,(H,12,13);1-5H/b8-5+;. The van der Waals surface area contributed by atoms with Crippen molar-refractivity contribution in [2.45, 2.75) is 6.92 Å². The quantitative estimate of drug-likeness (QED) is 0.915. The number of rotatable bonds is 3. The third-order valence-electron chi connectivity index (χ3n) is 2.15. The van der Waals surface area contributed by atoms with Gasteiger partial charge in [-0.25, -0.2) is 0 Å². The van der Waals surface area contributed by atoms with Crippen molar-refractivity contribution in [2.24, 2.45) is 0 Å². The van der Waals surface area contributed by atoms with Crippen LogP contribution in [-0.2, 0) is 4.79 Å². The van der Waals surface area contributed by atoms with Gasteiger partial charge in [-0.15, -0.1) is 0 Å². The summed E-state index contributed by atoms with van der Waals surface area (Å²) in [5.41, 5.74) is 1.15. The van der Waals surface area contributed by atoms with E-state index in [2.05, 4.69) is 10.3 Å². The molecule has 0 unspecified atom stereocenters. The molecule has 1 heterocycles. The van der Waals surface area contributed by atoms with E-state index < -0.39 is 0 Å². The van der Waals surface area contributed by atoms with Crippen LogP contribution in [0.4, 0.5) is 0 Å². The van der Waals surface area contributed by atoms with Crippen LogP contribution in [0.3, 0.4) is 0 Å². The van der Waals surface area contributed by atoms with Crippen molar-refractivity contribution in [3.8, 4) is 0 Å². The van der Waals surface area contributed by atoms with Crippen LogP contribution >= 0.6 is 0 Å². The molecule has 3 nitrogen and oxygen atoms in total. The van der Waals surface area contributed by atoms with E-state index in [0.29, 0.717) is 6.54 Å². The van der Waals surface area contributed by atoms with Crippen LogP contribution in [0.5, 0.6) is 0 Å². The maximum absolute atomic E-state index is 10.5. The normalized spacial score (nSPS) is 9.53. The average molecular weight is 254 g/mol. The smallest absolute Gasteiger partial charge is 0.217 e. The van der Waals surface area contributed by atoms with E-state index in [1.165, 1.54) is 6.92 Å². The number of hydrogen-bond acceptors (Lipinski definition) is 2. The molecule has 0 aliphatic heterocycles. The fourth-order valence-electron chi connectivity index (χ4n) is 1.27. The van der Waals surface area contributed by atoms with Crippen LogP contribution in [0, 0.1) is 0 Å². The molecule has 98 valence electrons. The predicted octanol–water partition coefficient (Wildman–Crippen LogP) is 2.92. The number of hydrogen-bond donors (Lipinski definition) is 1. The Morgan fingerprint density at radius 2 is 1.74 bits per heavy atom. The zero-order valence-electron chi connectivity index (χ0n) is 11.0. The Morgan fingerprint density at radius 1 is 1.11 bits per heavy atom. The fourth-order valence-corrected chi connectivity index (χ4v) is 1.27. The number of nitrogens with zero attached hydrogens (tertiary/aromatic N) is 1. The second-order valence-corrected chi connectivity index (χ2v) is 3.77. The summed E-state index contributed by atoms with van der Waals surface area (Å²) >= 11 is 0. The molecule has 1 aromatic heterocycles. The molecule has 0 aliphatic carbocycles. The molecule has 2 rings (SSSR count). The third kappa shape index (κ3) is 8.32. The summed E-state index contributed by atoms with van der Waals surface area (Å²) in [4.78, 5) is 14.3. The van der Waals surface area contributed by atoms with Crippen molar-refractivity contribution in [1.29, 1.82) is 0 Å². The molecule has 1 aromatic carbocycles. The van der Waals surface area contributed by atoms with E-state index in [4.69, 9.17) is 0 Å². The van der Waals surface area contributed by atoms with Crippen LogP contribution in [0.15, 0.2) is 67.0 Å². The maximum atomic E-state index is 10.5. The lowest BCUT2D eigenvalue weighted by atomic mass is 10.2. The Morgan fingerprint density at radius 3 is 2.21 bits per heavy atom. The van der Waals surface area contributed by atoms with E-state index in [1.54, 1.807) is 12.4 Å². The van der Waals surface area contributed by atoms with Crippen LogP contribution in [0.2, 0.25) is 0 Å². The maximum Gasteiger partial charge on any atom is 0.217 e. The highest BCUT2D eigenvalue weighted by atomic mass is 16.1. The largest absolute Gasteiger partial charge is 0.353 e. The fraction of sp³-hybridized carbons (Fsp3) is 0.125. The van der Waals surface area contributed by atoms with Gasteiger partial charge in [0.15, 0.2) is 0 Å². The summed E-state index contributed by atoms with van der Waals surface area (Å²) in [6.07, 6.45) is 7.41. The van der Waals surface area contributed by atoms with Crippen LogP contribution in [-0.4, -0.2) is 17.4 Å². The molecule has 0 fully saturated rings. The van der Waals surface area contributed by atoms with E-state index in [-0.39, 0.29) is 5.91 Å². The second kappa shape index (κ2) is 9.59. The number of aromatic nitrogens is 1. The van der Waals surface area contributed by atoms with Crippen molar-refractivity contribution in [3.05, 3.63) is 72.6 Å². The summed E-state index contributed by atoms with van der Waals surface area (Å²) in [5.74, 6) is -0.00212. The van der Waals surface area contributed by atoms with Gasteiger partial charge in [-0.2, -0.15) is 0 Å². The molecule has 0 saturated carbocycles. The van der Waals surface area contributed by atoms with Crippen LogP contribution in [0.1, 0.15) is 12.5 Å². The van der Waals surface area contributed by atoms with Gasteiger partial charge in [0, 0.05) is 25.9 Å². The van der Waals surface area contributed by atoms with Gasteiger partial charge in [0.2, 0.25) is 5.91 Å². The van der Waals surface area contributed by atoms with Crippen molar-refractivity contribution >= 4 is 12.0 Å². The molecule has 0 spiro atoms. The monoisotopic (exact) mass is 254 g/mol. The first-order valence-electron chi connectivity index (χ1n) is 6.10. The predicted molar refractivity (Wildman–Crippen MR) is 78.4 cm³/mol. The Hall–Kier alpha value is -2.42. The first-order valence-corrected chi connectivity index (χ1v) is 6.10. The van der Waals surface area contributed by atoms with Gasteiger partial charge in [0.05, 0.1) is 0 Å². The van der Waals surface area contributed by atoms with Crippen LogP contribution in [0.25, 0.3) is 6.08 Å². The zero-order chi connectivity index (χ0) is 13.8. The van der Waals surface area contributed by atoms with Crippen molar-refractivity contribution in [2.75, 3.05) is 6.54 Å². The van der Waals surface area contributed by atoms with Crippen LogP contribution < -0.4 is 5.32 Å². The SMILES string of the molecule is CC(=O)NC/C=C/c1ccccc1.c1ccncc1. The molecule has 0 radical (unpaired) electrons. The highest BCUT2D eigenvalue weighted by Gasteiger charge is 1.85. The molecule has 0 atom stereocenters. The zero-order valence-corrected chi connectivity index (χ0v) is 11.0. The molecular formula is C16H18N2O. The first-order chi connectivity index (χ1) is 9.29. The summed E-state index contributed by atoms with van der Waals surface area (Å²) in [5, 5.41) is 2.69. The molecule has 3 heteroatoms. The molecule has 1 N–H and O–H groups in total. The van der Waals surface area contributed by atoms with Gasteiger partial charge >= 0.3 is 0 Å². The van der Waals surface area contributed by atoms with E-state index >= 15 is 0 Å². The Labute approximate surface area is 114 Å². The topological polar surface area (TPSA) is 42.0 Å². The molecule has 1 amide bonds. The Kier molecular flexibility index (Phi) is 7.39. The number of pyridine rings is 1. The van der Waals surface area contributed by atoms with Crippen molar-refractivity contribution in [1.82, 2.24) is 10.3 Å². The molecule has 0 bridgehead atoms. The number of nitrogens with one attached hydrogen (secondary N) is 1. The summed E-state index contributed by atoms with van der Waals surface area (Å²) in [6.45, 7) is 2.10. The number of amides is 1. The van der Waals surface area contributed by atoms with Crippen molar-refractivity contribution in [3.63, 3.8) is 0 Å². The minimum absolute atomic E-state index is 0.00212.